The Morgan fingerprint density at radius 2 is 2.19 bits per heavy atom. The zero-order chi connectivity index (χ0) is 15.6. The molecule has 2 rings (SSSR count). The molecule has 116 valence electrons. The highest BCUT2D eigenvalue weighted by atomic mass is 35.7. The Morgan fingerprint density at radius 3 is 2.81 bits per heavy atom. The second kappa shape index (κ2) is 6.23. The largest absolute Gasteiger partial charge is 0.464 e. The van der Waals surface area contributed by atoms with Crippen LogP contribution < -0.4 is 4.90 Å². The average Bonchev–Trinajstić information content (AvgIpc) is 2.83. The van der Waals surface area contributed by atoms with Crippen LogP contribution >= 0.6 is 10.7 Å². The standard InChI is InChI=1S/C14H18ClNO4S/c1-10-13(6-3-7-14(10)21(15,18)19)16-8-4-5-12(16)9-20-11(2)17/h3,6-7,12H,4-5,8-9H2,1-2H3/t12-/m1/s1. The van der Waals surface area contributed by atoms with E-state index in [1.807, 2.05) is 6.07 Å². The van der Waals surface area contributed by atoms with Crippen molar-refractivity contribution in [2.45, 2.75) is 37.6 Å². The smallest absolute Gasteiger partial charge is 0.302 e. The summed E-state index contributed by atoms with van der Waals surface area (Å²) in [7, 11) is 1.70. The van der Waals surface area contributed by atoms with Gasteiger partial charge in [0.15, 0.2) is 0 Å². The fraction of sp³-hybridized carbons (Fsp3) is 0.500. The predicted octanol–water partition coefficient (Wildman–Crippen LogP) is 2.45. The van der Waals surface area contributed by atoms with Crippen LogP contribution in [0.15, 0.2) is 23.1 Å². The van der Waals surface area contributed by atoms with E-state index >= 15 is 0 Å². The fourth-order valence-corrected chi connectivity index (χ4v) is 3.93. The number of anilines is 1. The summed E-state index contributed by atoms with van der Waals surface area (Å²) in [5.74, 6) is -0.310. The third-order valence-corrected chi connectivity index (χ3v) is 5.15. The lowest BCUT2D eigenvalue weighted by Gasteiger charge is -2.28. The molecule has 7 heteroatoms. The van der Waals surface area contributed by atoms with E-state index in [-0.39, 0.29) is 16.9 Å². The second-order valence-corrected chi connectivity index (χ2v) is 7.66. The van der Waals surface area contributed by atoms with Crippen molar-refractivity contribution in [3.8, 4) is 0 Å². The van der Waals surface area contributed by atoms with Crippen molar-refractivity contribution < 1.29 is 17.9 Å². The third kappa shape index (κ3) is 3.68. The van der Waals surface area contributed by atoms with Crippen molar-refractivity contribution in [2.75, 3.05) is 18.1 Å². The zero-order valence-electron chi connectivity index (χ0n) is 12.0. The number of hydrogen-bond acceptors (Lipinski definition) is 5. The Balaban J connectivity index is 2.31. The van der Waals surface area contributed by atoms with Gasteiger partial charge in [0.1, 0.15) is 6.61 Å². The number of carbonyl (C=O) groups excluding carboxylic acids is 1. The molecule has 0 spiro atoms. The minimum absolute atomic E-state index is 0.0703. The summed E-state index contributed by atoms with van der Waals surface area (Å²) in [5, 5.41) is 0. The third-order valence-electron chi connectivity index (χ3n) is 3.68. The molecule has 1 heterocycles. The molecule has 1 aromatic carbocycles. The lowest BCUT2D eigenvalue weighted by atomic mass is 10.1. The quantitative estimate of drug-likeness (QED) is 0.626. The molecule has 0 radical (unpaired) electrons. The van der Waals surface area contributed by atoms with Gasteiger partial charge in [-0.25, -0.2) is 8.42 Å². The van der Waals surface area contributed by atoms with Crippen LogP contribution in [0.2, 0.25) is 0 Å². The molecule has 0 N–H and O–H groups in total. The van der Waals surface area contributed by atoms with E-state index in [0.29, 0.717) is 12.2 Å². The van der Waals surface area contributed by atoms with Crippen LogP contribution in [0.3, 0.4) is 0 Å². The molecule has 21 heavy (non-hydrogen) atoms. The molecular weight excluding hydrogens is 314 g/mol. The van der Waals surface area contributed by atoms with Gasteiger partial charge >= 0.3 is 5.97 Å². The number of esters is 1. The highest BCUT2D eigenvalue weighted by molar-refractivity contribution is 8.13. The number of benzene rings is 1. The molecule has 1 atom stereocenters. The van der Waals surface area contributed by atoms with Crippen LogP contribution in [0, 0.1) is 6.92 Å². The number of hydrogen-bond donors (Lipinski definition) is 0. The van der Waals surface area contributed by atoms with Crippen LogP contribution in [0.25, 0.3) is 0 Å². The fourth-order valence-electron chi connectivity index (χ4n) is 2.72. The maximum atomic E-state index is 11.6. The highest BCUT2D eigenvalue weighted by Crippen LogP contribution is 2.33. The first-order valence-corrected chi connectivity index (χ1v) is 9.06. The van der Waals surface area contributed by atoms with E-state index < -0.39 is 9.05 Å². The summed E-state index contributed by atoms with van der Waals surface area (Å²) < 4.78 is 28.3. The minimum Gasteiger partial charge on any atom is -0.464 e. The van der Waals surface area contributed by atoms with E-state index in [1.165, 1.54) is 13.0 Å². The van der Waals surface area contributed by atoms with E-state index in [2.05, 4.69) is 4.90 Å². The lowest BCUT2D eigenvalue weighted by molar-refractivity contribution is -0.141. The summed E-state index contributed by atoms with van der Waals surface area (Å²) >= 11 is 0. The molecule has 5 nitrogen and oxygen atoms in total. The lowest BCUT2D eigenvalue weighted by Crippen LogP contribution is -2.34. The van der Waals surface area contributed by atoms with Gasteiger partial charge in [0.25, 0.3) is 9.05 Å². The first-order chi connectivity index (χ1) is 9.80. The van der Waals surface area contributed by atoms with Crippen LogP contribution in [-0.4, -0.2) is 33.6 Å². The maximum Gasteiger partial charge on any atom is 0.302 e. The Kier molecular flexibility index (Phi) is 4.78. The van der Waals surface area contributed by atoms with E-state index in [1.54, 1.807) is 13.0 Å². The number of ether oxygens (including phenoxy) is 1. The zero-order valence-corrected chi connectivity index (χ0v) is 13.6. The normalized spacial score (nSPS) is 18.8. The van der Waals surface area contributed by atoms with Gasteiger partial charge in [0, 0.05) is 29.8 Å². The molecule has 0 aromatic heterocycles. The minimum atomic E-state index is -3.77. The topological polar surface area (TPSA) is 63.7 Å². The Morgan fingerprint density at radius 1 is 1.48 bits per heavy atom. The maximum absolute atomic E-state index is 11.6. The summed E-state index contributed by atoms with van der Waals surface area (Å²) in [6, 6.07) is 5.12. The predicted molar refractivity (Wildman–Crippen MR) is 81.2 cm³/mol. The molecule has 1 saturated heterocycles. The first kappa shape index (κ1) is 16.1. The molecule has 1 aliphatic rings. The Bertz CT molecular complexity index is 644. The number of carbonyl (C=O) groups is 1. The summed E-state index contributed by atoms with van der Waals surface area (Å²) in [6.45, 7) is 4.24. The van der Waals surface area contributed by atoms with Crippen molar-refractivity contribution in [1.82, 2.24) is 0 Å². The molecule has 0 unspecified atom stereocenters. The summed E-state index contributed by atoms with van der Waals surface area (Å²) in [4.78, 5) is 13.2. The van der Waals surface area contributed by atoms with Crippen molar-refractivity contribution in [2.24, 2.45) is 0 Å². The van der Waals surface area contributed by atoms with Gasteiger partial charge in [0.05, 0.1) is 10.9 Å². The van der Waals surface area contributed by atoms with Crippen LogP contribution in [0.1, 0.15) is 25.3 Å². The van der Waals surface area contributed by atoms with Gasteiger partial charge in [-0.3, -0.25) is 4.79 Å². The molecule has 0 bridgehead atoms. The van der Waals surface area contributed by atoms with Gasteiger partial charge in [-0.2, -0.15) is 0 Å². The summed E-state index contributed by atoms with van der Waals surface area (Å²) in [5.41, 5.74) is 1.45. The molecule has 1 aliphatic heterocycles. The van der Waals surface area contributed by atoms with Gasteiger partial charge < -0.3 is 9.64 Å². The Hall–Kier alpha value is -1.27. The second-order valence-electron chi connectivity index (χ2n) is 5.13. The number of halogens is 1. The van der Waals surface area contributed by atoms with E-state index in [9.17, 15) is 13.2 Å². The van der Waals surface area contributed by atoms with Gasteiger partial charge in [-0.1, -0.05) is 6.07 Å². The summed E-state index contributed by atoms with van der Waals surface area (Å²) in [6.07, 6.45) is 1.88. The average molecular weight is 332 g/mol. The van der Waals surface area contributed by atoms with Crippen molar-refractivity contribution in [3.63, 3.8) is 0 Å². The molecule has 0 saturated carbocycles. The SMILES string of the molecule is CC(=O)OC[C@H]1CCCN1c1cccc(S(=O)(=O)Cl)c1C. The monoisotopic (exact) mass is 331 g/mol. The molecule has 0 aliphatic carbocycles. The van der Waals surface area contributed by atoms with Gasteiger partial charge in [-0.15, -0.1) is 0 Å². The van der Waals surface area contributed by atoms with Gasteiger partial charge in [-0.05, 0) is 37.5 Å². The van der Waals surface area contributed by atoms with Gasteiger partial charge in [0.2, 0.25) is 0 Å². The highest BCUT2D eigenvalue weighted by Gasteiger charge is 2.28. The van der Waals surface area contributed by atoms with Crippen LogP contribution in [0.5, 0.6) is 0 Å². The van der Waals surface area contributed by atoms with Crippen molar-refractivity contribution in [3.05, 3.63) is 23.8 Å². The molecule has 1 fully saturated rings. The first-order valence-electron chi connectivity index (χ1n) is 6.75. The van der Waals surface area contributed by atoms with Crippen molar-refractivity contribution >= 4 is 31.4 Å². The van der Waals surface area contributed by atoms with Crippen LogP contribution in [-0.2, 0) is 18.6 Å². The molecular formula is C14H18ClNO4S. The molecule has 0 amide bonds. The molecule has 1 aromatic rings. The van der Waals surface area contributed by atoms with Crippen LogP contribution in [0.4, 0.5) is 5.69 Å². The Labute approximate surface area is 129 Å². The van der Waals surface area contributed by atoms with Crippen molar-refractivity contribution in [1.29, 1.82) is 0 Å². The van der Waals surface area contributed by atoms with E-state index in [4.69, 9.17) is 15.4 Å². The number of rotatable bonds is 4. The number of nitrogens with zero attached hydrogens (tertiary/aromatic N) is 1. The van der Waals surface area contributed by atoms with E-state index in [0.717, 1.165) is 25.1 Å².